The third-order valence-corrected chi connectivity index (χ3v) is 5.02. The van der Waals surface area contributed by atoms with Crippen LogP contribution in [0.2, 0.25) is 0 Å². The van der Waals surface area contributed by atoms with Crippen LogP contribution in [0.25, 0.3) is 0 Å². The lowest BCUT2D eigenvalue weighted by atomic mass is 10.1. The van der Waals surface area contributed by atoms with Crippen molar-refractivity contribution < 1.29 is 18.0 Å². The summed E-state index contributed by atoms with van der Waals surface area (Å²) in [6.45, 7) is 1.09. The summed E-state index contributed by atoms with van der Waals surface area (Å²) < 4.78 is 42.7. The molecule has 0 radical (unpaired) electrons. The topological polar surface area (TPSA) is 76.3 Å². The molecule has 1 N–H and O–H groups in total. The average molecular weight is 410 g/mol. The largest absolute Gasteiger partial charge is 0.418 e. The van der Waals surface area contributed by atoms with Crippen LogP contribution in [0.1, 0.15) is 35.3 Å². The molecular formula is C19H21F3N4O3. The molecule has 7 nitrogen and oxygen atoms in total. The molecule has 1 aromatic heterocycles. The van der Waals surface area contributed by atoms with Crippen molar-refractivity contribution in [1.29, 1.82) is 0 Å². The second-order valence-electron chi connectivity index (χ2n) is 7.00. The Bertz CT molecular complexity index is 1050. The number of carbonyl (C=O) groups is 1. The number of hydrogen-bond donors (Lipinski definition) is 1. The molecule has 1 amide bonds. The lowest BCUT2D eigenvalue weighted by Gasteiger charge is -2.31. The van der Waals surface area contributed by atoms with Gasteiger partial charge < -0.3 is 10.2 Å². The average Bonchev–Trinajstić information content (AvgIpc) is 2.69. The molecule has 1 aliphatic rings. The third kappa shape index (κ3) is 4.20. The third-order valence-electron chi connectivity index (χ3n) is 5.02. The Hall–Kier alpha value is -3.04. The first-order chi connectivity index (χ1) is 13.6. The summed E-state index contributed by atoms with van der Waals surface area (Å²) in [6, 6.07) is 4.56. The number of nitrogens with one attached hydrogen (secondary N) is 1. The highest BCUT2D eigenvalue weighted by atomic mass is 19.4. The standard InChI is InChI=1S/C19H21F3N4O3/c1-24-15(11-16(27)25(2)18(24)29)17(28)23-12-6-7-14(13(10-12)19(20,21)22)26-8-4-3-5-9-26/h6-7,10-11H,3-5,8-9H2,1-2H3,(H,23,28). The molecular weight excluding hydrogens is 389 g/mol. The van der Waals surface area contributed by atoms with Crippen molar-refractivity contribution in [2.45, 2.75) is 25.4 Å². The lowest BCUT2D eigenvalue weighted by Crippen LogP contribution is -2.40. The summed E-state index contributed by atoms with van der Waals surface area (Å²) in [5.74, 6) is -0.846. The van der Waals surface area contributed by atoms with Crippen molar-refractivity contribution >= 4 is 17.3 Å². The zero-order valence-corrected chi connectivity index (χ0v) is 16.0. The van der Waals surface area contributed by atoms with Crippen LogP contribution in [0.3, 0.4) is 0 Å². The Labute approximate surface area is 164 Å². The Morgan fingerprint density at radius 3 is 2.28 bits per heavy atom. The number of benzene rings is 1. The molecule has 1 saturated heterocycles. The van der Waals surface area contributed by atoms with Crippen molar-refractivity contribution in [2.24, 2.45) is 14.1 Å². The van der Waals surface area contributed by atoms with E-state index in [1.54, 1.807) is 4.90 Å². The van der Waals surface area contributed by atoms with Crippen LogP contribution >= 0.6 is 0 Å². The van der Waals surface area contributed by atoms with Crippen molar-refractivity contribution in [2.75, 3.05) is 23.3 Å². The van der Waals surface area contributed by atoms with Gasteiger partial charge in [-0.15, -0.1) is 0 Å². The number of hydrogen-bond acceptors (Lipinski definition) is 4. The summed E-state index contributed by atoms with van der Waals surface area (Å²) in [5, 5.41) is 2.35. The molecule has 0 bridgehead atoms. The molecule has 2 heterocycles. The number of alkyl halides is 3. The number of rotatable bonds is 3. The van der Waals surface area contributed by atoms with E-state index in [2.05, 4.69) is 5.32 Å². The molecule has 29 heavy (non-hydrogen) atoms. The highest BCUT2D eigenvalue weighted by molar-refractivity contribution is 6.03. The molecule has 1 fully saturated rings. The molecule has 2 aromatic rings. The Balaban J connectivity index is 1.95. The monoisotopic (exact) mass is 410 g/mol. The van der Waals surface area contributed by atoms with Gasteiger partial charge in [0.25, 0.3) is 11.5 Å². The Kier molecular flexibility index (Phi) is 5.54. The van der Waals surface area contributed by atoms with Crippen molar-refractivity contribution in [3.05, 3.63) is 56.4 Å². The highest BCUT2D eigenvalue weighted by Gasteiger charge is 2.35. The van der Waals surface area contributed by atoms with Gasteiger partial charge in [0.15, 0.2) is 0 Å². The molecule has 156 valence electrons. The van der Waals surface area contributed by atoms with Gasteiger partial charge in [0.05, 0.1) is 5.56 Å². The first-order valence-corrected chi connectivity index (χ1v) is 9.14. The normalized spacial score (nSPS) is 14.7. The molecule has 0 saturated carbocycles. The van der Waals surface area contributed by atoms with Crippen molar-refractivity contribution in [3.8, 4) is 0 Å². The second-order valence-corrected chi connectivity index (χ2v) is 7.00. The minimum atomic E-state index is -4.59. The lowest BCUT2D eigenvalue weighted by molar-refractivity contribution is -0.137. The Morgan fingerprint density at radius 1 is 1.00 bits per heavy atom. The maximum Gasteiger partial charge on any atom is 0.418 e. The zero-order valence-electron chi connectivity index (χ0n) is 16.0. The van der Waals surface area contributed by atoms with E-state index in [-0.39, 0.29) is 17.1 Å². The van der Waals surface area contributed by atoms with Crippen LogP contribution in [0.5, 0.6) is 0 Å². The van der Waals surface area contributed by atoms with Gasteiger partial charge in [0.1, 0.15) is 5.69 Å². The molecule has 0 unspecified atom stereocenters. The summed E-state index contributed by atoms with van der Waals surface area (Å²) in [6.07, 6.45) is -1.95. The van der Waals surface area contributed by atoms with E-state index in [1.165, 1.54) is 26.2 Å². The first-order valence-electron chi connectivity index (χ1n) is 9.14. The van der Waals surface area contributed by atoms with Crippen molar-refractivity contribution in [3.63, 3.8) is 0 Å². The second kappa shape index (κ2) is 7.76. The number of amides is 1. The number of nitrogens with zero attached hydrogens (tertiary/aromatic N) is 3. The maximum absolute atomic E-state index is 13.6. The van der Waals surface area contributed by atoms with E-state index in [4.69, 9.17) is 0 Å². The zero-order chi connectivity index (χ0) is 21.3. The van der Waals surface area contributed by atoms with Gasteiger partial charge in [-0.05, 0) is 37.5 Å². The molecule has 3 rings (SSSR count). The predicted octanol–water partition coefficient (Wildman–Crippen LogP) is 2.35. The van der Waals surface area contributed by atoms with Crippen molar-refractivity contribution in [1.82, 2.24) is 9.13 Å². The number of anilines is 2. The van der Waals surface area contributed by atoms with E-state index in [0.29, 0.717) is 13.1 Å². The summed E-state index contributed by atoms with van der Waals surface area (Å²) in [5.41, 5.74) is -2.47. The van der Waals surface area contributed by atoms with Gasteiger partial charge in [-0.3, -0.25) is 18.7 Å². The van der Waals surface area contributed by atoms with Crippen LogP contribution in [0.4, 0.5) is 24.5 Å². The van der Waals surface area contributed by atoms with Crippen LogP contribution in [-0.2, 0) is 20.3 Å². The van der Waals surface area contributed by atoms with E-state index in [0.717, 1.165) is 40.5 Å². The predicted molar refractivity (Wildman–Crippen MR) is 102 cm³/mol. The molecule has 0 spiro atoms. The summed E-state index contributed by atoms with van der Waals surface area (Å²) in [4.78, 5) is 37.9. The number of halogens is 3. The number of carbonyl (C=O) groups excluding carboxylic acids is 1. The van der Waals surface area contributed by atoms with Gasteiger partial charge in [-0.2, -0.15) is 13.2 Å². The minimum Gasteiger partial charge on any atom is -0.371 e. The number of piperidine rings is 1. The van der Waals surface area contributed by atoms with Crippen LogP contribution in [0, 0.1) is 0 Å². The SMILES string of the molecule is Cn1c(C(=O)Nc2ccc(N3CCCCC3)c(C(F)(F)F)c2)cc(=O)n(C)c1=O. The fraction of sp³-hybridized carbons (Fsp3) is 0.421. The van der Waals surface area contributed by atoms with Crippen LogP contribution in [0.15, 0.2) is 33.9 Å². The fourth-order valence-corrected chi connectivity index (χ4v) is 3.40. The quantitative estimate of drug-likeness (QED) is 0.843. The molecule has 0 atom stereocenters. The first kappa shape index (κ1) is 20.7. The fourth-order valence-electron chi connectivity index (χ4n) is 3.40. The van der Waals surface area contributed by atoms with E-state index in [9.17, 15) is 27.6 Å². The molecule has 1 aromatic carbocycles. The summed E-state index contributed by atoms with van der Waals surface area (Å²) >= 11 is 0. The van der Waals surface area contributed by atoms with Gasteiger partial charge in [0.2, 0.25) is 0 Å². The number of aromatic nitrogens is 2. The van der Waals surface area contributed by atoms with Gasteiger partial charge in [-0.1, -0.05) is 0 Å². The highest BCUT2D eigenvalue weighted by Crippen LogP contribution is 2.39. The van der Waals surface area contributed by atoms with E-state index in [1.807, 2.05) is 0 Å². The van der Waals surface area contributed by atoms with E-state index < -0.39 is 28.9 Å². The minimum absolute atomic E-state index is 0.0730. The van der Waals surface area contributed by atoms with Crippen LogP contribution in [-0.4, -0.2) is 28.1 Å². The molecule has 0 aliphatic carbocycles. The molecule has 10 heteroatoms. The Morgan fingerprint density at radius 2 is 1.66 bits per heavy atom. The maximum atomic E-state index is 13.6. The van der Waals surface area contributed by atoms with Gasteiger partial charge >= 0.3 is 11.9 Å². The smallest absolute Gasteiger partial charge is 0.371 e. The van der Waals surface area contributed by atoms with E-state index >= 15 is 0 Å². The summed E-state index contributed by atoms with van der Waals surface area (Å²) in [7, 11) is 2.57. The van der Waals surface area contributed by atoms with Gasteiger partial charge in [0, 0.05) is 44.6 Å². The van der Waals surface area contributed by atoms with Gasteiger partial charge in [-0.25, -0.2) is 4.79 Å². The molecule has 1 aliphatic heterocycles. The van der Waals surface area contributed by atoms with Crippen LogP contribution < -0.4 is 21.5 Å².